The molecule has 9 nitrogen and oxygen atoms in total. The van der Waals surface area contributed by atoms with Gasteiger partial charge in [-0.1, -0.05) is 72.1 Å². The Morgan fingerprint density at radius 2 is 1.60 bits per heavy atom. The zero-order chi connectivity index (χ0) is 36.0. The van der Waals surface area contributed by atoms with Crippen molar-refractivity contribution in [2.75, 3.05) is 32.1 Å². The van der Waals surface area contributed by atoms with E-state index in [-0.39, 0.29) is 16.3 Å². The molecule has 6 aromatic rings. The summed E-state index contributed by atoms with van der Waals surface area (Å²) in [6.45, 7) is 1.29. The van der Waals surface area contributed by atoms with Gasteiger partial charge in [0.15, 0.2) is 5.75 Å². The summed E-state index contributed by atoms with van der Waals surface area (Å²) in [6.07, 6.45) is 3.17. The molecule has 1 saturated heterocycles. The molecule has 3 heterocycles. The summed E-state index contributed by atoms with van der Waals surface area (Å²) in [6, 6.07) is 28.6. The Labute approximate surface area is 312 Å². The van der Waals surface area contributed by atoms with Crippen LogP contribution >= 0.6 is 23.2 Å². The third kappa shape index (κ3) is 6.45. The summed E-state index contributed by atoms with van der Waals surface area (Å²) in [5, 5.41) is 6.92. The zero-order valence-electron chi connectivity index (χ0n) is 28.4. The second-order valence-corrected chi connectivity index (χ2v) is 15.9. The number of amides is 2. The molecule has 12 heteroatoms. The van der Waals surface area contributed by atoms with Crippen molar-refractivity contribution in [2.24, 2.45) is 0 Å². The van der Waals surface area contributed by atoms with Crippen LogP contribution in [0.2, 0.25) is 10.0 Å². The van der Waals surface area contributed by atoms with Crippen molar-refractivity contribution in [1.29, 1.82) is 0 Å². The minimum Gasteiger partial charge on any atom is -0.497 e. The summed E-state index contributed by atoms with van der Waals surface area (Å²) in [4.78, 5) is 20.2. The summed E-state index contributed by atoms with van der Waals surface area (Å²) in [5.74, 6) is 1.33. The van der Waals surface area contributed by atoms with Gasteiger partial charge >= 0.3 is 6.03 Å². The molecule has 0 aliphatic carbocycles. The van der Waals surface area contributed by atoms with Gasteiger partial charge in [0, 0.05) is 46.3 Å². The monoisotopic (exact) mass is 754 g/mol. The van der Waals surface area contributed by atoms with Crippen molar-refractivity contribution < 1.29 is 22.7 Å². The molecule has 52 heavy (non-hydrogen) atoms. The molecule has 0 bridgehead atoms. The molecule has 0 saturated carbocycles. The molecule has 0 spiro atoms. The van der Waals surface area contributed by atoms with Gasteiger partial charge in [-0.05, 0) is 95.8 Å². The van der Waals surface area contributed by atoms with Gasteiger partial charge in [0.25, 0.3) is 0 Å². The van der Waals surface area contributed by atoms with Crippen LogP contribution in [0.4, 0.5) is 10.5 Å². The number of nitrogens with one attached hydrogen (secondary N) is 2. The minimum atomic E-state index is -3.83. The van der Waals surface area contributed by atoms with Crippen molar-refractivity contribution in [2.45, 2.75) is 36.6 Å². The normalized spacial score (nSPS) is 16.5. The van der Waals surface area contributed by atoms with Gasteiger partial charge < -0.3 is 24.7 Å². The van der Waals surface area contributed by atoms with Crippen molar-refractivity contribution in [3.63, 3.8) is 0 Å². The van der Waals surface area contributed by atoms with Crippen molar-refractivity contribution in [3.8, 4) is 17.2 Å². The number of benzene rings is 5. The van der Waals surface area contributed by atoms with E-state index < -0.39 is 22.1 Å². The molecule has 1 atom stereocenters. The van der Waals surface area contributed by atoms with Crippen LogP contribution in [-0.2, 0) is 16.4 Å². The summed E-state index contributed by atoms with van der Waals surface area (Å²) in [7, 11) is -2.18. The van der Waals surface area contributed by atoms with E-state index in [0.717, 1.165) is 63.5 Å². The minimum absolute atomic E-state index is 0.0669. The highest BCUT2D eigenvalue weighted by Crippen LogP contribution is 2.43. The van der Waals surface area contributed by atoms with Crippen LogP contribution in [0.5, 0.6) is 17.2 Å². The van der Waals surface area contributed by atoms with E-state index in [9.17, 15) is 13.2 Å². The zero-order valence-corrected chi connectivity index (χ0v) is 30.7. The molecule has 2 N–H and O–H groups in total. The maximum Gasteiger partial charge on any atom is 0.322 e. The van der Waals surface area contributed by atoms with E-state index in [2.05, 4.69) is 34.6 Å². The first-order valence-electron chi connectivity index (χ1n) is 17.2. The molecule has 0 radical (unpaired) electrons. The Bertz CT molecular complexity index is 2420. The SMILES string of the molecule is COc1ccc2[nH]c3c(c2c1)CCN(C(=O)Nc1cc(S(=O)(=O)N2CCCCC2)ccc1Oc1cc(Cl)cc(Cl)c1)C3c1cccc2ccccc12. The third-order valence-corrected chi connectivity index (χ3v) is 12.3. The summed E-state index contributed by atoms with van der Waals surface area (Å²) >= 11 is 12.6. The first kappa shape index (κ1) is 34.4. The number of hydrogen-bond acceptors (Lipinski definition) is 5. The lowest BCUT2D eigenvalue weighted by Gasteiger charge is -2.37. The van der Waals surface area contributed by atoms with Crippen molar-refractivity contribution in [3.05, 3.63) is 124 Å². The molecule has 2 amide bonds. The van der Waals surface area contributed by atoms with Crippen LogP contribution in [0, 0.1) is 0 Å². The molecule has 1 unspecified atom stereocenters. The first-order chi connectivity index (χ1) is 25.2. The van der Waals surface area contributed by atoms with E-state index in [1.54, 1.807) is 36.3 Å². The number of H-pyrrole nitrogens is 1. The number of urea groups is 1. The standard InChI is InChI=1S/C40H36Cl2N4O5S/c1-50-28-12-14-35-34(23-28)32-16-19-46(39(38(32)43-35)33-11-7-9-25-8-3-4-10-31(25)33)40(47)44-36-24-30(52(48,49)45-17-5-2-6-18-45)13-15-37(36)51-29-21-26(41)20-27(42)22-29/h3-4,7-15,20-24,39,43H,2,5-6,16-19H2,1H3,(H,44,47). The topological polar surface area (TPSA) is 104 Å². The Kier molecular flexibility index (Phi) is 9.25. The number of aromatic amines is 1. The second-order valence-electron chi connectivity index (χ2n) is 13.1. The van der Waals surface area contributed by atoms with Crippen LogP contribution in [0.1, 0.15) is 42.1 Å². The number of anilines is 1. The van der Waals surface area contributed by atoms with Gasteiger partial charge in [0.2, 0.25) is 10.0 Å². The quantitative estimate of drug-likeness (QED) is 0.169. The molecule has 2 aliphatic heterocycles. The number of fused-ring (bicyclic) bond motifs is 4. The number of ether oxygens (including phenoxy) is 2. The number of rotatable bonds is 7. The Morgan fingerprint density at radius 3 is 2.38 bits per heavy atom. The summed E-state index contributed by atoms with van der Waals surface area (Å²) < 4.78 is 40.9. The van der Waals surface area contributed by atoms with Crippen LogP contribution < -0.4 is 14.8 Å². The van der Waals surface area contributed by atoms with Crippen molar-refractivity contribution >= 4 is 66.6 Å². The van der Waals surface area contributed by atoms with Gasteiger partial charge in [-0.2, -0.15) is 4.31 Å². The largest absolute Gasteiger partial charge is 0.497 e. The van der Waals surface area contributed by atoms with Gasteiger partial charge in [-0.25, -0.2) is 13.2 Å². The highest BCUT2D eigenvalue weighted by Gasteiger charge is 2.36. The fourth-order valence-electron chi connectivity index (χ4n) is 7.44. The van der Waals surface area contributed by atoms with E-state index in [1.165, 1.54) is 16.4 Å². The lowest BCUT2D eigenvalue weighted by atomic mass is 9.89. The number of nitrogens with zero attached hydrogens (tertiary/aromatic N) is 2. The predicted molar refractivity (Wildman–Crippen MR) is 206 cm³/mol. The summed E-state index contributed by atoms with van der Waals surface area (Å²) in [5.41, 5.74) is 4.13. The number of piperidine rings is 1. The fraction of sp³-hybridized carbons (Fsp3) is 0.225. The number of hydrogen-bond donors (Lipinski definition) is 2. The lowest BCUT2D eigenvalue weighted by Crippen LogP contribution is -2.43. The van der Waals surface area contributed by atoms with E-state index in [0.29, 0.717) is 41.8 Å². The molecule has 8 rings (SSSR count). The molecular formula is C40H36Cl2N4O5S. The average Bonchev–Trinajstić information content (AvgIpc) is 3.53. The first-order valence-corrected chi connectivity index (χ1v) is 19.4. The Hall–Kier alpha value is -4.74. The lowest BCUT2D eigenvalue weighted by molar-refractivity contribution is 0.193. The smallest absolute Gasteiger partial charge is 0.322 e. The molecule has 2 aliphatic rings. The molecule has 5 aromatic carbocycles. The maximum atomic E-state index is 14.7. The van der Waals surface area contributed by atoms with E-state index in [4.69, 9.17) is 32.7 Å². The van der Waals surface area contributed by atoms with E-state index >= 15 is 0 Å². The van der Waals surface area contributed by atoms with Gasteiger partial charge in [0.05, 0.1) is 23.7 Å². The number of sulfonamides is 1. The Morgan fingerprint density at radius 1 is 0.827 bits per heavy atom. The number of aromatic nitrogens is 1. The molecule has 1 fully saturated rings. The number of carbonyl (C=O) groups excluding carboxylic acids is 1. The fourth-order valence-corrected chi connectivity index (χ4v) is 9.49. The van der Waals surface area contributed by atoms with Gasteiger partial charge in [-0.15, -0.1) is 0 Å². The average molecular weight is 756 g/mol. The van der Waals surface area contributed by atoms with Gasteiger partial charge in [-0.3, -0.25) is 0 Å². The highest BCUT2D eigenvalue weighted by atomic mass is 35.5. The van der Waals surface area contributed by atoms with E-state index in [1.807, 2.05) is 36.4 Å². The van der Waals surface area contributed by atoms with Gasteiger partial charge in [0.1, 0.15) is 11.5 Å². The van der Waals surface area contributed by atoms with Crippen LogP contribution in [0.25, 0.3) is 21.7 Å². The second kappa shape index (κ2) is 14.0. The number of methoxy groups -OCH3 is 1. The predicted octanol–water partition coefficient (Wildman–Crippen LogP) is 9.78. The number of carbonyl (C=O) groups is 1. The highest BCUT2D eigenvalue weighted by molar-refractivity contribution is 7.89. The molecule has 266 valence electrons. The third-order valence-electron chi connectivity index (χ3n) is 9.92. The van der Waals surface area contributed by atoms with Crippen molar-refractivity contribution in [1.82, 2.24) is 14.2 Å². The van der Waals surface area contributed by atoms with Crippen LogP contribution in [0.3, 0.4) is 0 Å². The Balaban J connectivity index is 1.22. The van der Waals surface area contributed by atoms with Crippen LogP contribution in [0.15, 0.2) is 102 Å². The van der Waals surface area contributed by atoms with Crippen LogP contribution in [-0.4, -0.2) is 55.4 Å². The molecular weight excluding hydrogens is 719 g/mol. The molecule has 1 aromatic heterocycles. The maximum absolute atomic E-state index is 14.7. The number of halogens is 2.